The molecule has 3 rings (SSSR count). The summed E-state index contributed by atoms with van der Waals surface area (Å²) in [6.45, 7) is 2.08. The fraction of sp³-hybridized carbons (Fsp3) is 0.158. The standard InChI is InChI=1S/C19H18ClN3OS/c1-3-25-19-22-16(13-7-5-4-6-8-13)12-18(23-19)21-14-9-10-17(24-2)15(20)11-14/h4-12H,3H2,1-2H3,(H,21,22,23). The van der Waals surface area contributed by atoms with E-state index in [1.807, 2.05) is 54.6 Å². The van der Waals surface area contributed by atoms with E-state index in [0.717, 1.165) is 33.7 Å². The summed E-state index contributed by atoms with van der Waals surface area (Å²) in [5.74, 6) is 2.28. The molecule has 0 unspecified atom stereocenters. The van der Waals surface area contributed by atoms with Crippen molar-refractivity contribution in [1.82, 2.24) is 9.97 Å². The second-order valence-corrected chi connectivity index (χ2v) is 6.83. The summed E-state index contributed by atoms with van der Waals surface area (Å²) in [6.07, 6.45) is 0. The molecule has 0 atom stereocenters. The molecule has 0 saturated carbocycles. The molecule has 2 aromatic carbocycles. The molecular weight excluding hydrogens is 354 g/mol. The second kappa shape index (κ2) is 8.23. The monoisotopic (exact) mass is 371 g/mol. The van der Waals surface area contributed by atoms with E-state index in [4.69, 9.17) is 16.3 Å². The van der Waals surface area contributed by atoms with Crippen LogP contribution in [0.3, 0.4) is 0 Å². The van der Waals surface area contributed by atoms with Crippen molar-refractivity contribution in [2.24, 2.45) is 0 Å². The topological polar surface area (TPSA) is 47.0 Å². The summed E-state index contributed by atoms with van der Waals surface area (Å²) in [7, 11) is 1.60. The van der Waals surface area contributed by atoms with Gasteiger partial charge in [-0.2, -0.15) is 0 Å². The summed E-state index contributed by atoms with van der Waals surface area (Å²) in [6, 6.07) is 17.6. The number of ether oxygens (including phenoxy) is 1. The van der Waals surface area contributed by atoms with Gasteiger partial charge < -0.3 is 10.1 Å². The van der Waals surface area contributed by atoms with Crippen molar-refractivity contribution in [3.05, 3.63) is 59.6 Å². The number of hydrogen-bond donors (Lipinski definition) is 1. The third-order valence-corrected chi connectivity index (χ3v) is 4.50. The van der Waals surface area contributed by atoms with E-state index >= 15 is 0 Å². The first kappa shape index (κ1) is 17.6. The van der Waals surface area contributed by atoms with Crippen LogP contribution in [0.15, 0.2) is 59.8 Å². The number of methoxy groups -OCH3 is 1. The highest BCUT2D eigenvalue weighted by Crippen LogP contribution is 2.30. The molecular formula is C19H18ClN3OS. The summed E-state index contributed by atoms with van der Waals surface area (Å²) in [4.78, 5) is 9.23. The number of anilines is 2. The summed E-state index contributed by atoms with van der Waals surface area (Å²) < 4.78 is 5.19. The van der Waals surface area contributed by atoms with E-state index in [-0.39, 0.29) is 0 Å². The Hall–Kier alpha value is -2.24. The van der Waals surface area contributed by atoms with Gasteiger partial charge in [0, 0.05) is 17.3 Å². The lowest BCUT2D eigenvalue weighted by atomic mass is 10.1. The molecule has 1 aromatic heterocycles. The predicted octanol–water partition coefficient (Wildman–Crippen LogP) is 5.66. The summed E-state index contributed by atoms with van der Waals surface area (Å²) in [5, 5.41) is 4.59. The highest BCUT2D eigenvalue weighted by atomic mass is 35.5. The Morgan fingerprint density at radius 2 is 1.88 bits per heavy atom. The number of hydrogen-bond acceptors (Lipinski definition) is 5. The minimum atomic E-state index is 0.549. The maximum atomic E-state index is 6.20. The van der Waals surface area contributed by atoms with Gasteiger partial charge in [-0.25, -0.2) is 9.97 Å². The molecule has 6 heteroatoms. The van der Waals surface area contributed by atoms with E-state index in [2.05, 4.69) is 22.2 Å². The van der Waals surface area contributed by atoms with Gasteiger partial charge in [0.1, 0.15) is 11.6 Å². The summed E-state index contributed by atoms with van der Waals surface area (Å²) >= 11 is 7.81. The predicted molar refractivity (Wildman–Crippen MR) is 105 cm³/mol. The Bertz CT molecular complexity index is 859. The van der Waals surface area contributed by atoms with E-state index < -0.39 is 0 Å². The Labute approximate surface area is 156 Å². The number of nitrogens with one attached hydrogen (secondary N) is 1. The van der Waals surface area contributed by atoms with E-state index in [0.29, 0.717) is 10.8 Å². The lowest BCUT2D eigenvalue weighted by Crippen LogP contribution is -1.99. The smallest absolute Gasteiger partial charge is 0.190 e. The molecule has 0 spiro atoms. The van der Waals surface area contributed by atoms with Crippen molar-refractivity contribution in [2.75, 3.05) is 18.2 Å². The molecule has 3 aromatic rings. The molecule has 0 aliphatic rings. The van der Waals surface area contributed by atoms with Crippen molar-refractivity contribution in [2.45, 2.75) is 12.1 Å². The highest BCUT2D eigenvalue weighted by molar-refractivity contribution is 7.99. The molecule has 0 saturated heterocycles. The Morgan fingerprint density at radius 3 is 2.56 bits per heavy atom. The molecule has 0 aliphatic carbocycles. The van der Waals surface area contributed by atoms with Gasteiger partial charge in [0.2, 0.25) is 0 Å². The van der Waals surface area contributed by atoms with E-state index in [1.165, 1.54) is 0 Å². The van der Waals surface area contributed by atoms with Crippen LogP contribution in [0.25, 0.3) is 11.3 Å². The number of aromatic nitrogens is 2. The first-order chi connectivity index (χ1) is 12.2. The fourth-order valence-electron chi connectivity index (χ4n) is 2.33. The van der Waals surface area contributed by atoms with Crippen LogP contribution in [0.4, 0.5) is 11.5 Å². The van der Waals surface area contributed by atoms with E-state index in [1.54, 1.807) is 18.9 Å². The molecule has 0 fully saturated rings. The first-order valence-corrected chi connectivity index (χ1v) is 9.24. The molecule has 0 amide bonds. The quantitative estimate of drug-likeness (QED) is 0.447. The average molecular weight is 372 g/mol. The van der Waals surface area contributed by atoms with Crippen LogP contribution in [0, 0.1) is 0 Å². The van der Waals surface area contributed by atoms with Crippen LogP contribution in [-0.4, -0.2) is 22.8 Å². The lowest BCUT2D eigenvalue weighted by Gasteiger charge is -2.11. The zero-order chi connectivity index (χ0) is 17.6. The minimum Gasteiger partial charge on any atom is -0.495 e. The van der Waals surface area contributed by atoms with Crippen LogP contribution in [0.5, 0.6) is 5.75 Å². The van der Waals surface area contributed by atoms with Gasteiger partial charge in [0.15, 0.2) is 5.16 Å². The summed E-state index contributed by atoms with van der Waals surface area (Å²) in [5.41, 5.74) is 2.78. The van der Waals surface area contributed by atoms with E-state index in [9.17, 15) is 0 Å². The lowest BCUT2D eigenvalue weighted by molar-refractivity contribution is 0.415. The van der Waals surface area contributed by atoms with Crippen LogP contribution in [-0.2, 0) is 0 Å². The third kappa shape index (κ3) is 4.44. The normalized spacial score (nSPS) is 10.5. The zero-order valence-electron chi connectivity index (χ0n) is 14.0. The Kier molecular flexibility index (Phi) is 5.79. The van der Waals surface area contributed by atoms with Crippen LogP contribution in [0.2, 0.25) is 5.02 Å². The first-order valence-electron chi connectivity index (χ1n) is 7.87. The van der Waals surface area contributed by atoms with Gasteiger partial charge in [-0.15, -0.1) is 0 Å². The molecule has 1 N–H and O–H groups in total. The van der Waals surface area contributed by atoms with Crippen molar-refractivity contribution in [1.29, 1.82) is 0 Å². The molecule has 0 aliphatic heterocycles. The number of nitrogens with zero attached hydrogens (tertiary/aromatic N) is 2. The van der Waals surface area contributed by atoms with Crippen LogP contribution in [0.1, 0.15) is 6.92 Å². The van der Waals surface area contributed by atoms with Gasteiger partial charge >= 0.3 is 0 Å². The van der Waals surface area contributed by atoms with Gasteiger partial charge in [-0.3, -0.25) is 0 Å². The van der Waals surface area contributed by atoms with Crippen molar-refractivity contribution >= 4 is 34.9 Å². The average Bonchev–Trinajstić information content (AvgIpc) is 2.63. The molecule has 0 bridgehead atoms. The zero-order valence-corrected chi connectivity index (χ0v) is 15.6. The fourth-order valence-corrected chi connectivity index (χ4v) is 3.17. The number of benzene rings is 2. The number of thioether (sulfide) groups is 1. The molecule has 128 valence electrons. The van der Waals surface area contributed by atoms with Gasteiger partial charge in [-0.1, -0.05) is 60.6 Å². The SMILES string of the molecule is CCSc1nc(Nc2ccc(OC)c(Cl)c2)cc(-c2ccccc2)n1. The van der Waals surface area contributed by atoms with Gasteiger partial charge in [-0.05, 0) is 24.0 Å². The molecule has 0 radical (unpaired) electrons. The second-order valence-electron chi connectivity index (χ2n) is 5.19. The number of halogens is 1. The third-order valence-electron chi connectivity index (χ3n) is 3.47. The van der Waals surface area contributed by atoms with Gasteiger partial charge in [0.25, 0.3) is 0 Å². The van der Waals surface area contributed by atoms with Crippen molar-refractivity contribution in [3.8, 4) is 17.0 Å². The highest BCUT2D eigenvalue weighted by Gasteiger charge is 2.08. The van der Waals surface area contributed by atoms with Crippen LogP contribution >= 0.6 is 23.4 Å². The van der Waals surface area contributed by atoms with Crippen molar-refractivity contribution in [3.63, 3.8) is 0 Å². The maximum absolute atomic E-state index is 6.20. The molecule has 4 nitrogen and oxygen atoms in total. The molecule has 1 heterocycles. The minimum absolute atomic E-state index is 0.549. The molecule has 25 heavy (non-hydrogen) atoms. The van der Waals surface area contributed by atoms with Crippen molar-refractivity contribution < 1.29 is 4.74 Å². The van der Waals surface area contributed by atoms with Crippen LogP contribution < -0.4 is 10.1 Å². The maximum Gasteiger partial charge on any atom is 0.190 e. The Balaban J connectivity index is 1.95. The Morgan fingerprint density at radius 1 is 1.08 bits per heavy atom. The van der Waals surface area contributed by atoms with Gasteiger partial charge in [0.05, 0.1) is 17.8 Å². The number of rotatable bonds is 6. The largest absolute Gasteiger partial charge is 0.495 e.